The van der Waals surface area contributed by atoms with E-state index in [2.05, 4.69) is 6.92 Å². The van der Waals surface area contributed by atoms with Crippen molar-refractivity contribution in [2.75, 3.05) is 33.5 Å². The molecule has 3 rings (SSSR count). The second-order valence-corrected chi connectivity index (χ2v) is 8.09. The number of carbonyl (C=O) groups is 2. The number of nitrogens with zero attached hydrogens (tertiary/aromatic N) is 1. The molecule has 1 amide bonds. The van der Waals surface area contributed by atoms with Gasteiger partial charge in [-0.2, -0.15) is 0 Å². The zero-order valence-electron chi connectivity index (χ0n) is 20.3. The highest BCUT2D eigenvalue weighted by Crippen LogP contribution is 2.41. The van der Waals surface area contributed by atoms with E-state index in [4.69, 9.17) is 18.6 Å². The van der Waals surface area contributed by atoms with Crippen LogP contribution in [0.1, 0.15) is 61.0 Å². The second-order valence-electron chi connectivity index (χ2n) is 8.09. The van der Waals surface area contributed by atoms with E-state index >= 15 is 0 Å². The SMILES string of the molecule is CCCCCOc1ccc(C2C(C(=O)c3ccc(C)o3)=C(O)C(=O)N2CCOC)cc1OCC. The molecule has 1 aromatic carbocycles. The number of furan rings is 1. The van der Waals surface area contributed by atoms with Gasteiger partial charge >= 0.3 is 0 Å². The molecular formula is C26H33NO7. The molecule has 1 aliphatic rings. The smallest absolute Gasteiger partial charge is 0.290 e. The van der Waals surface area contributed by atoms with Crippen LogP contribution in [-0.4, -0.2) is 55.2 Å². The Balaban J connectivity index is 2.01. The number of hydrogen-bond acceptors (Lipinski definition) is 7. The number of aryl methyl sites for hydroxylation is 1. The number of rotatable bonds is 13. The van der Waals surface area contributed by atoms with E-state index in [0.717, 1.165) is 19.3 Å². The number of carbonyl (C=O) groups excluding carboxylic acids is 2. The van der Waals surface area contributed by atoms with Crippen molar-refractivity contribution in [2.45, 2.75) is 46.1 Å². The molecule has 2 aromatic rings. The molecule has 0 aliphatic carbocycles. The molecule has 0 radical (unpaired) electrons. The summed E-state index contributed by atoms with van der Waals surface area (Å²) in [7, 11) is 1.53. The van der Waals surface area contributed by atoms with Crippen LogP contribution in [0.3, 0.4) is 0 Å². The van der Waals surface area contributed by atoms with Crippen molar-refractivity contribution in [2.24, 2.45) is 0 Å². The Kier molecular flexibility index (Phi) is 8.76. The van der Waals surface area contributed by atoms with E-state index in [1.165, 1.54) is 18.1 Å². The molecule has 1 unspecified atom stereocenters. The van der Waals surface area contributed by atoms with E-state index in [1.807, 2.05) is 6.92 Å². The van der Waals surface area contributed by atoms with Gasteiger partial charge in [-0.1, -0.05) is 25.8 Å². The standard InChI is InChI=1S/C26H33NO7/c1-5-7-8-14-33-19-12-10-18(16-21(19)32-6-2)23-22(24(28)20-11-9-17(3)34-20)25(29)26(30)27(23)13-15-31-4/h9-12,16,23,29H,5-8,13-15H2,1-4H3. The first kappa shape index (κ1) is 25.4. The zero-order valence-corrected chi connectivity index (χ0v) is 20.3. The van der Waals surface area contributed by atoms with E-state index in [1.54, 1.807) is 31.2 Å². The number of benzene rings is 1. The van der Waals surface area contributed by atoms with E-state index in [0.29, 0.717) is 36.0 Å². The summed E-state index contributed by atoms with van der Waals surface area (Å²) in [6.07, 6.45) is 3.10. The van der Waals surface area contributed by atoms with Crippen LogP contribution in [0.2, 0.25) is 0 Å². The molecule has 0 saturated heterocycles. The number of amides is 1. The minimum Gasteiger partial charge on any atom is -0.503 e. The lowest BCUT2D eigenvalue weighted by Crippen LogP contribution is -2.34. The summed E-state index contributed by atoms with van der Waals surface area (Å²) in [5.74, 6) is -0.0266. The molecule has 184 valence electrons. The Morgan fingerprint density at radius 2 is 1.88 bits per heavy atom. The van der Waals surface area contributed by atoms with Gasteiger partial charge in [0.1, 0.15) is 5.76 Å². The molecule has 0 spiro atoms. The van der Waals surface area contributed by atoms with Gasteiger partial charge in [-0.25, -0.2) is 0 Å². The summed E-state index contributed by atoms with van der Waals surface area (Å²) >= 11 is 0. The van der Waals surface area contributed by atoms with Crippen molar-refractivity contribution in [3.8, 4) is 11.5 Å². The summed E-state index contributed by atoms with van der Waals surface area (Å²) in [6.45, 7) is 7.15. The molecular weight excluding hydrogens is 438 g/mol. The average Bonchev–Trinajstić information content (AvgIpc) is 3.37. The number of hydrogen-bond donors (Lipinski definition) is 1. The first-order valence-electron chi connectivity index (χ1n) is 11.7. The summed E-state index contributed by atoms with van der Waals surface area (Å²) in [5, 5.41) is 10.7. The number of methoxy groups -OCH3 is 1. The summed E-state index contributed by atoms with van der Waals surface area (Å²) < 4.78 is 22.4. The van der Waals surface area contributed by atoms with Gasteiger partial charge in [0.15, 0.2) is 23.0 Å². The third-order valence-corrected chi connectivity index (χ3v) is 5.64. The van der Waals surface area contributed by atoms with Crippen molar-refractivity contribution in [3.63, 3.8) is 0 Å². The van der Waals surface area contributed by atoms with Gasteiger partial charge in [-0.3, -0.25) is 9.59 Å². The summed E-state index contributed by atoms with van der Waals surface area (Å²) in [5.41, 5.74) is 0.582. The fourth-order valence-electron chi connectivity index (χ4n) is 3.96. The van der Waals surface area contributed by atoms with Crippen molar-refractivity contribution in [1.29, 1.82) is 0 Å². The van der Waals surface area contributed by atoms with Crippen molar-refractivity contribution >= 4 is 11.7 Å². The highest BCUT2D eigenvalue weighted by molar-refractivity contribution is 6.15. The molecule has 1 N–H and O–H groups in total. The van der Waals surface area contributed by atoms with Gasteiger partial charge in [0, 0.05) is 13.7 Å². The van der Waals surface area contributed by atoms with Gasteiger partial charge in [0.25, 0.3) is 5.91 Å². The highest BCUT2D eigenvalue weighted by atomic mass is 16.5. The number of aliphatic hydroxyl groups excluding tert-OH is 1. The molecule has 8 nitrogen and oxygen atoms in total. The van der Waals surface area contributed by atoms with E-state index in [-0.39, 0.29) is 24.5 Å². The van der Waals surface area contributed by atoms with Gasteiger partial charge < -0.3 is 28.6 Å². The molecule has 8 heteroatoms. The third-order valence-electron chi connectivity index (χ3n) is 5.64. The third kappa shape index (κ3) is 5.44. The monoisotopic (exact) mass is 471 g/mol. The molecule has 2 heterocycles. The maximum Gasteiger partial charge on any atom is 0.290 e. The fraction of sp³-hybridized carbons (Fsp3) is 0.462. The first-order chi connectivity index (χ1) is 16.4. The average molecular weight is 472 g/mol. The molecule has 1 atom stereocenters. The van der Waals surface area contributed by atoms with Crippen molar-refractivity contribution in [1.82, 2.24) is 4.90 Å². The summed E-state index contributed by atoms with van der Waals surface area (Å²) in [4.78, 5) is 27.7. The summed E-state index contributed by atoms with van der Waals surface area (Å²) in [6, 6.07) is 7.70. The lowest BCUT2D eigenvalue weighted by Gasteiger charge is -2.27. The van der Waals surface area contributed by atoms with Gasteiger partial charge in [-0.05, 0) is 50.1 Å². The normalized spacial score (nSPS) is 15.8. The first-order valence-corrected chi connectivity index (χ1v) is 11.7. The fourth-order valence-corrected chi connectivity index (χ4v) is 3.96. The molecule has 0 fully saturated rings. The van der Waals surface area contributed by atoms with Gasteiger partial charge in [0.05, 0.1) is 31.4 Å². The zero-order chi connectivity index (χ0) is 24.7. The number of ether oxygens (including phenoxy) is 3. The molecule has 0 saturated carbocycles. The Morgan fingerprint density at radius 1 is 1.09 bits per heavy atom. The Hall–Kier alpha value is -3.26. The molecule has 1 aliphatic heterocycles. The number of unbranched alkanes of at least 4 members (excludes halogenated alkanes) is 2. The maximum atomic E-state index is 13.3. The predicted molar refractivity (Wildman–Crippen MR) is 126 cm³/mol. The molecule has 34 heavy (non-hydrogen) atoms. The van der Waals surface area contributed by atoms with Gasteiger partial charge in [-0.15, -0.1) is 0 Å². The van der Waals surface area contributed by atoms with Crippen LogP contribution in [0.25, 0.3) is 0 Å². The number of aliphatic hydroxyl groups is 1. The lowest BCUT2D eigenvalue weighted by molar-refractivity contribution is -0.130. The van der Waals surface area contributed by atoms with Crippen LogP contribution in [0.15, 0.2) is 46.1 Å². The Morgan fingerprint density at radius 3 is 2.53 bits per heavy atom. The second kappa shape index (κ2) is 11.7. The highest BCUT2D eigenvalue weighted by Gasteiger charge is 2.44. The quantitative estimate of drug-likeness (QED) is 0.332. The van der Waals surface area contributed by atoms with Crippen molar-refractivity contribution in [3.05, 3.63) is 58.7 Å². The van der Waals surface area contributed by atoms with Crippen LogP contribution >= 0.6 is 0 Å². The molecule has 1 aromatic heterocycles. The van der Waals surface area contributed by atoms with Crippen molar-refractivity contribution < 1.29 is 33.3 Å². The Labute approximate surface area is 200 Å². The maximum absolute atomic E-state index is 13.3. The van der Waals surface area contributed by atoms with Gasteiger partial charge in [0.2, 0.25) is 5.78 Å². The van der Waals surface area contributed by atoms with E-state index < -0.39 is 23.5 Å². The largest absolute Gasteiger partial charge is 0.503 e. The van der Waals surface area contributed by atoms with Crippen LogP contribution in [0.5, 0.6) is 11.5 Å². The number of Topliss-reactive ketones (excluding diaryl/α,β-unsaturated/α-hetero) is 1. The minimum atomic E-state index is -0.825. The van der Waals surface area contributed by atoms with Crippen LogP contribution in [0.4, 0.5) is 0 Å². The molecule has 0 bridgehead atoms. The Bertz CT molecular complexity index is 1040. The number of ketones is 1. The van der Waals surface area contributed by atoms with E-state index in [9.17, 15) is 14.7 Å². The van der Waals surface area contributed by atoms with Crippen LogP contribution in [-0.2, 0) is 9.53 Å². The minimum absolute atomic E-state index is 0.0329. The predicted octanol–water partition coefficient (Wildman–Crippen LogP) is 4.78. The van der Waals surface area contributed by atoms with Crippen LogP contribution in [0, 0.1) is 6.92 Å². The lowest BCUT2D eigenvalue weighted by atomic mass is 9.94. The van der Waals surface area contributed by atoms with Crippen LogP contribution < -0.4 is 9.47 Å². The topological polar surface area (TPSA) is 98.4 Å².